The van der Waals surface area contributed by atoms with Crippen molar-refractivity contribution in [2.45, 2.75) is 12.6 Å². The molecule has 0 amide bonds. The first-order valence-corrected chi connectivity index (χ1v) is 8.16. The first kappa shape index (κ1) is 13.4. The normalized spacial score (nSPS) is 10.9. The van der Waals surface area contributed by atoms with E-state index in [2.05, 4.69) is 40.3 Å². The molecular weight excluding hydrogens is 286 g/mol. The Kier molecular flexibility index (Phi) is 4.16. The second-order valence-corrected chi connectivity index (χ2v) is 6.42. The molecule has 0 aliphatic rings. The van der Waals surface area contributed by atoms with Crippen LogP contribution < -0.4 is 5.32 Å². The summed E-state index contributed by atoms with van der Waals surface area (Å²) in [6, 6.07) is 16.6. The van der Waals surface area contributed by atoms with Crippen LogP contribution in [0.5, 0.6) is 0 Å². The van der Waals surface area contributed by atoms with Crippen molar-refractivity contribution in [2.24, 2.45) is 0 Å². The summed E-state index contributed by atoms with van der Waals surface area (Å²) in [7, 11) is 0. The van der Waals surface area contributed by atoms with Gasteiger partial charge in [0.1, 0.15) is 0 Å². The number of nitrogens with one attached hydrogen (secondary N) is 1. The minimum absolute atomic E-state index is 0.0829. The van der Waals surface area contributed by atoms with Crippen molar-refractivity contribution in [3.63, 3.8) is 0 Å². The van der Waals surface area contributed by atoms with Crippen molar-refractivity contribution < 1.29 is 5.11 Å². The van der Waals surface area contributed by atoms with Crippen LogP contribution in [0, 0.1) is 0 Å². The van der Waals surface area contributed by atoms with Gasteiger partial charge in [0.25, 0.3) is 0 Å². The van der Waals surface area contributed by atoms with E-state index in [1.807, 2.05) is 24.3 Å². The van der Waals surface area contributed by atoms with Crippen LogP contribution in [-0.2, 0) is 6.61 Å². The molecule has 0 saturated heterocycles. The lowest BCUT2D eigenvalue weighted by molar-refractivity contribution is 0.282. The highest BCUT2D eigenvalue weighted by molar-refractivity contribution is 7.11. The van der Waals surface area contributed by atoms with Gasteiger partial charge in [-0.05, 0) is 40.6 Å². The lowest BCUT2D eigenvalue weighted by Gasteiger charge is -2.17. The molecule has 2 heterocycles. The zero-order valence-corrected chi connectivity index (χ0v) is 12.5. The third kappa shape index (κ3) is 2.93. The molecule has 3 aromatic rings. The van der Waals surface area contributed by atoms with E-state index in [9.17, 15) is 0 Å². The van der Waals surface area contributed by atoms with Crippen LogP contribution in [0.25, 0.3) is 0 Å². The molecule has 2 aromatic heterocycles. The van der Waals surface area contributed by atoms with E-state index >= 15 is 0 Å². The van der Waals surface area contributed by atoms with Crippen molar-refractivity contribution in [1.29, 1.82) is 0 Å². The fraction of sp³-hybridized carbons (Fsp3) is 0.125. The Balaban J connectivity index is 1.86. The second kappa shape index (κ2) is 6.22. The van der Waals surface area contributed by atoms with Gasteiger partial charge in [0.2, 0.25) is 0 Å². The molecule has 0 radical (unpaired) electrons. The molecule has 3 rings (SSSR count). The molecule has 2 nitrogen and oxygen atoms in total. The SMILES string of the molecule is OCc1ccc(NC(c2cccs2)c2cccs2)cc1. The third-order valence-electron chi connectivity index (χ3n) is 3.10. The lowest BCUT2D eigenvalue weighted by Crippen LogP contribution is -2.09. The molecule has 102 valence electrons. The van der Waals surface area contributed by atoms with Crippen LogP contribution in [-0.4, -0.2) is 5.11 Å². The standard InChI is InChI=1S/C16H15NOS2/c18-11-12-5-7-13(8-6-12)17-16(14-3-1-9-19-14)15-4-2-10-20-15/h1-10,16-18H,11H2. The van der Waals surface area contributed by atoms with Gasteiger partial charge in [0, 0.05) is 15.4 Å². The minimum Gasteiger partial charge on any atom is -0.392 e. The summed E-state index contributed by atoms with van der Waals surface area (Å²) < 4.78 is 0. The Bertz CT molecular complexity index is 595. The lowest BCUT2D eigenvalue weighted by atomic mass is 10.1. The van der Waals surface area contributed by atoms with E-state index in [1.165, 1.54) is 9.75 Å². The first-order chi connectivity index (χ1) is 9.86. The van der Waals surface area contributed by atoms with Crippen LogP contribution in [0.15, 0.2) is 59.3 Å². The van der Waals surface area contributed by atoms with Gasteiger partial charge in [-0.1, -0.05) is 24.3 Å². The predicted octanol–water partition coefficient (Wildman–Crippen LogP) is 4.50. The van der Waals surface area contributed by atoms with Gasteiger partial charge in [-0.3, -0.25) is 0 Å². The summed E-state index contributed by atoms with van der Waals surface area (Å²) >= 11 is 3.52. The fourth-order valence-electron chi connectivity index (χ4n) is 2.07. The Morgan fingerprint density at radius 2 is 1.50 bits per heavy atom. The Morgan fingerprint density at radius 3 is 1.95 bits per heavy atom. The molecule has 0 aliphatic heterocycles. The maximum absolute atomic E-state index is 9.09. The second-order valence-electron chi connectivity index (χ2n) is 4.46. The highest BCUT2D eigenvalue weighted by atomic mass is 32.1. The number of aliphatic hydroxyl groups is 1. The summed E-state index contributed by atoms with van der Waals surface area (Å²) in [5.74, 6) is 0. The van der Waals surface area contributed by atoms with Gasteiger partial charge in [-0.2, -0.15) is 0 Å². The molecule has 0 aliphatic carbocycles. The Labute approximate surface area is 126 Å². The summed E-state index contributed by atoms with van der Waals surface area (Å²) in [5, 5.41) is 16.9. The molecule has 20 heavy (non-hydrogen) atoms. The molecule has 0 spiro atoms. The largest absolute Gasteiger partial charge is 0.392 e. The molecule has 0 atom stereocenters. The molecule has 0 fully saturated rings. The quantitative estimate of drug-likeness (QED) is 0.727. The smallest absolute Gasteiger partial charge is 0.0953 e. The van der Waals surface area contributed by atoms with Gasteiger partial charge in [-0.25, -0.2) is 0 Å². The molecule has 1 aromatic carbocycles. The average molecular weight is 301 g/mol. The van der Waals surface area contributed by atoms with Crippen LogP contribution in [0.1, 0.15) is 21.4 Å². The number of rotatable bonds is 5. The molecule has 4 heteroatoms. The van der Waals surface area contributed by atoms with Crippen LogP contribution in [0.3, 0.4) is 0 Å². The molecule has 2 N–H and O–H groups in total. The van der Waals surface area contributed by atoms with Gasteiger partial charge in [0.05, 0.1) is 12.6 Å². The summed E-state index contributed by atoms with van der Waals surface area (Å²) in [4.78, 5) is 2.61. The number of hydrogen-bond acceptors (Lipinski definition) is 4. The minimum atomic E-state index is 0.0829. The third-order valence-corrected chi connectivity index (χ3v) is 4.98. The van der Waals surface area contributed by atoms with Crippen molar-refractivity contribution in [3.05, 3.63) is 74.6 Å². The van der Waals surface area contributed by atoms with Crippen LogP contribution in [0.4, 0.5) is 5.69 Å². The summed E-state index contributed by atoms with van der Waals surface area (Å²) in [6.07, 6.45) is 0. The first-order valence-electron chi connectivity index (χ1n) is 6.40. The van der Waals surface area contributed by atoms with Crippen molar-refractivity contribution in [1.82, 2.24) is 0 Å². The maximum Gasteiger partial charge on any atom is 0.0953 e. The molecule has 0 unspecified atom stereocenters. The number of thiophene rings is 2. The topological polar surface area (TPSA) is 32.3 Å². The molecular formula is C16H15NOS2. The Hall–Kier alpha value is -1.62. The predicted molar refractivity (Wildman–Crippen MR) is 86.5 cm³/mol. The number of aliphatic hydroxyl groups excluding tert-OH is 1. The molecule has 0 bridgehead atoms. The van der Waals surface area contributed by atoms with Gasteiger partial charge < -0.3 is 10.4 Å². The van der Waals surface area contributed by atoms with E-state index < -0.39 is 0 Å². The number of hydrogen-bond donors (Lipinski definition) is 2. The number of benzene rings is 1. The summed E-state index contributed by atoms with van der Waals surface area (Å²) in [6.45, 7) is 0.0829. The van der Waals surface area contributed by atoms with Crippen LogP contribution in [0.2, 0.25) is 0 Å². The van der Waals surface area contributed by atoms with Crippen LogP contribution >= 0.6 is 22.7 Å². The van der Waals surface area contributed by atoms with E-state index in [4.69, 9.17) is 5.11 Å². The van der Waals surface area contributed by atoms with Gasteiger partial charge in [0.15, 0.2) is 0 Å². The summed E-state index contributed by atoms with van der Waals surface area (Å²) in [5.41, 5.74) is 1.99. The van der Waals surface area contributed by atoms with E-state index in [1.54, 1.807) is 22.7 Å². The van der Waals surface area contributed by atoms with Gasteiger partial charge >= 0.3 is 0 Å². The van der Waals surface area contributed by atoms with E-state index in [-0.39, 0.29) is 12.6 Å². The van der Waals surface area contributed by atoms with Crippen molar-refractivity contribution in [2.75, 3.05) is 5.32 Å². The van der Waals surface area contributed by atoms with E-state index in [0.29, 0.717) is 0 Å². The Morgan fingerprint density at radius 1 is 0.900 bits per heavy atom. The average Bonchev–Trinajstić information content (AvgIpc) is 3.19. The molecule has 0 saturated carbocycles. The highest BCUT2D eigenvalue weighted by Crippen LogP contribution is 2.32. The zero-order chi connectivity index (χ0) is 13.8. The van der Waals surface area contributed by atoms with Gasteiger partial charge in [-0.15, -0.1) is 22.7 Å². The zero-order valence-electron chi connectivity index (χ0n) is 10.8. The van der Waals surface area contributed by atoms with E-state index in [0.717, 1.165) is 11.3 Å². The highest BCUT2D eigenvalue weighted by Gasteiger charge is 2.15. The van der Waals surface area contributed by atoms with Crippen molar-refractivity contribution >= 4 is 28.4 Å². The van der Waals surface area contributed by atoms with Crippen molar-refractivity contribution in [3.8, 4) is 0 Å². The fourth-order valence-corrected chi connectivity index (χ4v) is 3.73. The number of anilines is 1. The maximum atomic E-state index is 9.09. The monoisotopic (exact) mass is 301 g/mol.